The number of rotatable bonds is 3. The number of amides is 1. The summed E-state index contributed by atoms with van der Waals surface area (Å²) in [5, 5.41) is 4.11. The zero-order valence-electron chi connectivity index (χ0n) is 10.7. The van der Waals surface area contributed by atoms with Crippen LogP contribution in [0.25, 0.3) is 0 Å². The molecule has 1 aromatic rings. The molecule has 1 aromatic heterocycles. The first-order chi connectivity index (χ1) is 8.15. The van der Waals surface area contributed by atoms with Gasteiger partial charge in [-0.1, -0.05) is 6.92 Å². The number of carbonyl (C=O) groups is 1. The van der Waals surface area contributed by atoms with E-state index in [4.69, 9.17) is 0 Å². The summed E-state index contributed by atoms with van der Waals surface area (Å²) in [5.74, 6) is 0.950. The van der Waals surface area contributed by atoms with Crippen molar-refractivity contribution in [2.75, 3.05) is 13.1 Å². The van der Waals surface area contributed by atoms with Crippen LogP contribution in [0, 0.1) is 5.92 Å². The lowest BCUT2D eigenvalue weighted by molar-refractivity contribution is -0.132. The van der Waals surface area contributed by atoms with Gasteiger partial charge in [-0.05, 0) is 30.7 Å². The lowest BCUT2D eigenvalue weighted by atomic mass is 10.00. The maximum absolute atomic E-state index is 12.0. The maximum Gasteiger partial charge on any atom is 0.222 e. The Balaban J connectivity index is 1.80. The Kier molecular flexibility index (Phi) is 3.82. The molecule has 0 aliphatic carbocycles. The summed E-state index contributed by atoms with van der Waals surface area (Å²) in [6.45, 7) is 4.10. The fraction of sp³-hybridized carbons (Fsp3) is 0.692. The van der Waals surface area contributed by atoms with Crippen molar-refractivity contribution in [2.45, 2.75) is 32.6 Å². The average molecular weight is 235 g/mol. The van der Waals surface area contributed by atoms with Gasteiger partial charge in [-0.3, -0.25) is 9.48 Å². The molecule has 1 aliphatic rings. The van der Waals surface area contributed by atoms with Gasteiger partial charge >= 0.3 is 0 Å². The summed E-state index contributed by atoms with van der Waals surface area (Å²) < 4.78 is 1.78. The van der Waals surface area contributed by atoms with Crippen molar-refractivity contribution in [3.8, 4) is 0 Å². The Morgan fingerprint density at radius 3 is 3.06 bits per heavy atom. The number of piperidine rings is 1. The van der Waals surface area contributed by atoms with Gasteiger partial charge < -0.3 is 4.90 Å². The summed E-state index contributed by atoms with van der Waals surface area (Å²) in [6, 6.07) is 0. The van der Waals surface area contributed by atoms with Crippen LogP contribution in [0.15, 0.2) is 12.4 Å². The summed E-state index contributed by atoms with van der Waals surface area (Å²) in [4.78, 5) is 14.0. The van der Waals surface area contributed by atoms with Gasteiger partial charge in [-0.25, -0.2) is 0 Å². The number of aryl methyl sites for hydroxylation is 2. The molecule has 0 aromatic carbocycles. The van der Waals surface area contributed by atoms with E-state index < -0.39 is 0 Å². The van der Waals surface area contributed by atoms with Crippen molar-refractivity contribution in [1.29, 1.82) is 0 Å². The second-order valence-corrected chi connectivity index (χ2v) is 5.11. The van der Waals surface area contributed by atoms with Gasteiger partial charge in [-0.15, -0.1) is 0 Å². The van der Waals surface area contributed by atoms with Crippen LogP contribution in [0.5, 0.6) is 0 Å². The van der Waals surface area contributed by atoms with Crippen LogP contribution in [0.3, 0.4) is 0 Å². The molecule has 94 valence electrons. The lowest BCUT2D eigenvalue weighted by Gasteiger charge is -2.31. The first-order valence-electron chi connectivity index (χ1n) is 6.40. The SMILES string of the molecule is C[C@H]1CCCN(C(=O)CCc2cnn(C)c2)C1. The van der Waals surface area contributed by atoms with Crippen molar-refractivity contribution in [3.63, 3.8) is 0 Å². The van der Waals surface area contributed by atoms with E-state index in [0.717, 1.165) is 31.5 Å². The summed E-state index contributed by atoms with van der Waals surface area (Å²) >= 11 is 0. The largest absolute Gasteiger partial charge is 0.342 e. The van der Waals surface area contributed by atoms with Crippen LogP contribution in [0.4, 0.5) is 0 Å². The molecule has 0 radical (unpaired) electrons. The maximum atomic E-state index is 12.0. The Morgan fingerprint density at radius 2 is 2.41 bits per heavy atom. The van der Waals surface area contributed by atoms with E-state index in [1.54, 1.807) is 4.68 Å². The quantitative estimate of drug-likeness (QED) is 0.798. The van der Waals surface area contributed by atoms with Gasteiger partial charge in [0.25, 0.3) is 0 Å². The fourth-order valence-corrected chi connectivity index (χ4v) is 2.43. The minimum absolute atomic E-state index is 0.292. The van der Waals surface area contributed by atoms with Crippen LogP contribution in [-0.2, 0) is 18.3 Å². The number of carbonyl (C=O) groups excluding carboxylic acids is 1. The number of hydrogen-bond acceptors (Lipinski definition) is 2. The molecule has 1 saturated heterocycles. The van der Waals surface area contributed by atoms with E-state index in [1.807, 2.05) is 24.3 Å². The number of hydrogen-bond donors (Lipinski definition) is 0. The molecular formula is C13H21N3O. The van der Waals surface area contributed by atoms with Crippen molar-refractivity contribution in [2.24, 2.45) is 13.0 Å². The first kappa shape index (κ1) is 12.1. The van der Waals surface area contributed by atoms with Crippen LogP contribution in [0.1, 0.15) is 31.7 Å². The molecule has 4 nitrogen and oxygen atoms in total. The molecule has 1 aliphatic heterocycles. The monoisotopic (exact) mass is 235 g/mol. The van der Waals surface area contributed by atoms with Crippen molar-refractivity contribution < 1.29 is 4.79 Å². The van der Waals surface area contributed by atoms with Crippen LogP contribution < -0.4 is 0 Å². The van der Waals surface area contributed by atoms with Gasteiger partial charge in [0.1, 0.15) is 0 Å². The molecule has 1 amide bonds. The average Bonchev–Trinajstić information content (AvgIpc) is 2.72. The standard InChI is InChI=1S/C13H21N3O/c1-11-4-3-7-16(9-11)13(17)6-5-12-8-14-15(2)10-12/h8,10-11H,3-7,9H2,1-2H3/t11-/m0/s1. The molecule has 2 rings (SSSR count). The minimum Gasteiger partial charge on any atom is -0.342 e. The molecule has 17 heavy (non-hydrogen) atoms. The second kappa shape index (κ2) is 5.34. The van der Waals surface area contributed by atoms with E-state index in [0.29, 0.717) is 18.2 Å². The van der Waals surface area contributed by atoms with E-state index in [1.165, 1.54) is 6.42 Å². The molecule has 4 heteroatoms. The minimum atomic E-state index is 0.292. The molecule has 0 N–H and O–H groups in total. The molecule has 2 heterocycles. The molecule has 1 atom stereocenters. The Morgan fingerprint density at radius 1 is 1.59 bits per heavy atom. The first-order valence-corrected chi connectivity index (χ1v) is 6.40. The normalized spacial score (nSPS) is 20.6. The highest BCUT2D eigenvalue weighted by atomic mass is 16.2. The number of aromatic nitrogens is 2. The highest BCUT2D eigenvalue weighted by Crippen LogP contribution is 2.16. The van der Waals surface area contributed by atoms with Crippen LogP contribution in [0.2, 0.25) is 0 Å². The van der Waals surface area contributed by atoms with Gasteiger partial charge in [0, 0.05) is 32.8 Å². The van der Waals surface area contributed by atoms with Gasteiger partial charge in [0.15, 0.2) is 0 Å². The second-order valence-electron chi connectivity index (χ2n) is 5.11. The van der Waals surface area contributed by atoms with Crippen molar-refractivity contribution in [1.82, 2.24) is 14.7 Å². The third kappa shape index (κ3) is 3.32. The van der Waals surface area contributed by atoms with Crippen LogP contribution >= 0.6 is 0 Å². The molecule has 0 saturated carbocycles. The van der Waals surface area contributed by atoms with Gasteiger partial charge in [0.2, 0.25) is 5.91 Å². The molecule has 1 fully saturated rings. The van der Waals surface area contributed by atoms with E-state index >= 15 is 0 Å². The summed E-state index contributed by atoms with van der Waals surface area (Å²) in [5.41, 5.74) is 1.14. The van der Waals surface area contributed by atoms with E-state index in [-0.39, 0.29) is 0 Å². The Bertz CT molecular complexity index is 386. The predicted molar refractivity (Wildman–Crippen MR) is 66.5 cm³/mol. The highest BCUT2D eigenvalue weighted by Gasteiger charge is 2.20. The van der Waals surface area contributed by atoms with Gasteiger partial charge in [0.05, 0.1) is 6.20 Å². The van der Waals surface area contributed by atoms with Gasteiger partial charge in [-0.2, -0.15) is 5.10 Å². The molecule has 0 unspecified atom stereocenters. The van der Waals surface area contributed by atoms with Crippen LogP contribution in [-0.4, -0.2) is 33.7 Å². The smallest absolute Gasteiger partial charge is 0.222 e. The molecular weight excluding hydrogens is 214 g/mol. The number of likely N-dealkylation sites (tertiary alicyclic amines) is 1. The zero-order valence-corrected chi connectivity index (χ0v) is 10.7. The summed E-state index contributed by atoms with van der Waals surface area (Å²) in [7, 11) is 1.90. The molecule has 0 spiro atoms. The third-order valence-electron chi connectivity index (χ3n) is 3.40. The van der Waals surface area contributed by atoms with Crippen molar-refractivity contribution >= 4 is 5.91 Å². The fourth-order valence-electron chi connectivity index (χ4n) is 2.43. The highest BCUT2D eigenvalue weighted by molar-refractivity contribution is 5.76. The molecule has 0 bridgehead atoms. The number of nitrogens with zero attached hydrogens (tertiary/aromatic N) is 3. The topological polar surface area (TPSA) is 38.1 Å². The predicted octanol–water partition coefficient (Wildman–Crippen LogP) is 1.61. The van der Waals surface area contributed by atoms with E-state index in [2.05, 4.69) is 12.0 Å². The van der Waals surface area contributed by atoms with E-state index in [9.17, 15) is 4.79 Å². The Hall–Kier alpha value is -1.32. The van der Waals surface area contributed by atoms with Crippen molar-refractivity contribution in [3.05, 3.63) is 18.0 Å². The lowest BCUT2D eigenvalue weighted by Crippen LogP contribution is -2.39. The summed E-state index contributed by atoms with van der Waals surface area (Å²) in [6.07, 6.45) is 7.64. The Labute approximate surface area is 103 Å². The third-order valence-corrected chi connectivity index (χ3v) is 3.40. The zero-order chi connectivity index (χ0) is 12.3.